The summed E-state index contributed by atoms with van der Waals surface area (Å²) in [5.74, 6) is 0.802. The maximum absolute atomic E-state index is 8.58. The molecule has 1 N–H and O–H groups in total. The number of nitrogens with one attached hydrogen (secondary N) is 1. The van der Waals surface area contributed by atoms with Gasteiger partial charge in [0.1, 0.15) is 12.4 Å². The maximum atomic E-state index is 8.58. The molecule has 1 aromatic carbocycles. The molecule has 0 spiro atoms. The van der Waals surface area contributed by atoms with Crippen LogP contribution in [0.1, 0.15) is 4.88 Å². The normalized spacial score (nSPS) is 10.9. The Morgan fingerprint density at radius 1 is 1.40 bits per heavy atom. The van der Waals surface area contributed by atoms with Gasteiger partial charge >= 0.3 is 0 Å². The van der Waals surface area contributed by atoms with Gasteiger partial charge in [0.25, 0.3) is 0 Å². The number of ether oxygens (including phenoxy) is 1. The molecule has 2 rings (SSSR count). The summed E-state index contributed by atoms with van der Waals surface area (Å²) in [6, 6.07) is 11.5. The van der Waals surface area contributed by atoms with Crippen LogP contribution in [0.3, 0.4) is 0 Å². The molecule has 20 heavy (non-hydrogen) atoms. The van der Waals surface area contributed by atoms with Crippen molar-refractivity contribution in [1.29, 1.82) is 5.26 Å². The number of nitrogens with zero attached hydrogens (tertiary/aromatic N) is 2. The van der Waals surface area contributed by atoms with Gasteiger partial charge in [0.05, 0.1) is 5.69 Å². The molecule has 2 aromatic rings. The number of benzene rings is 1. The van der Waals surface area contributed by atoms with Crippen molar-refractivity contribution in [3.05, 3.63) is 46.7 Å². The molecular weight excluding hydrogens is 290 g/mol. The van der Waals surface area contributed by atoms with Crippen molar-refractivity contribution in [3.8, 4) is 11.9 Å². The first-order valence-electron chi connectivity index (χ1n) is 5.85. The van der Waals surface area contributed by atoms with E-state index in [0.29, 0.717) is 11.8 Å². The monoisotopic (exact) mass is 303 g/mol. The highest BCUT2D eigenvalue weighted by Gasteiger charge is 1.99. The minimum atomic E-state index is 0.569. The summed E-state index contributed by atoms with van der Waals surface area (Å²) >= 11 is 3.06. The number of hydrogen-bond donors (Lipinski definition) is 1. The minimum absolute atomic E-state index is 0.569. The molecule has 4 nitrogen and oxygen atoms in total. The fourth-order valence-electron chi connectivity index (χ4n) is 1.46. The molecule has 1 aromatic heterocycles. The third-order valence-electron chi connectivity index (χ3n) is 2.38. The average Bonchev–Trinajstić information content (AvgIpc) is 2.99. The number of thiophene rings is 1. The van der Waals surface area contributed by atoms with Crippen molar-refractivity contribution < 1.29 is 4.74 Å². The lowest BCUT2D eigenvalue weighted by molar-refractivity contribution is 0.310. The first kappa shape index (κ1) is 14.4. The number of rotatable bonds is 4. The third-order valence-corrected chi connectivity index (χ3v) is 3.81. The molecule has 0 saturated carbocycles. The Hall–Kier alpha value is -1.97. The Labute approximate surface area is 126 Å². The predicted octanol–water partition coefficient (Wildman–Crippen LogP) is 3.75. The van der Waals surface area contributed by atoms with Gasteiger partial charge in [-0.1, -0.05) is 17.8 Å². The van der Waals surface area contributed by atoms with Crippen molar-refractivity contribution in [2.45, 2.75) is 6.61 Å². The van der Waals surface area contributed by atoms with E-state index in [1.165, 1.54) is 16.6 Å². The lowest BCUT2D eigenvalue weighted by atomic mass is 10.3. The average molecular weight is 303 g/mol. The molecule has 0 aliphatic rings. The van der Waals surface area contributed by atoms with Gasteiger partial charge in [0, 0.05) is 4.88 Å². The SMILES string of the molecule is CSC(=Nc1ccc(OCc2cccs2)cc1)NC#N. The molecule has 6 heteroatoms. The highest BCUT2D eigenvalue weighted by Crippen LogP contribution is 2.20. The van der Waals surface area contributed by atoms with Crippen LogP contribution in [0.25, 0.3) is 0 Å². The molecule has 0 aliphatic carbocycles. The molecule has 0 radical (unpaired) electrons. The quantitative estimate of drug-likeness (QED) is 0.404. The van der Waals surface area contributed by atoms with E-state index < -0.39 is 0 Å². The van der Waals surface area contributed by atoms with Gasteiger partial charge in [0.2, 0.25) is 0 Å². The van der Waals surface area contributed by atoms with Crippen LogP contribution in [0.5, 0.6) is 5.75 Å². The van der Waals surface area contributed by atoms with E-state index >= 15 is 0 Å². The van der Waals surface area contributed by atoms with Crippen molar-refractivity contribution in [3.63, 3.8) is 0 Å². The van der Waals surface area contributed by atoms with Gasteiger partial charge in [-0.15, -0.1) is 11.3 Å². The fourth-order valence-corrected chi connectivity index (χ4v) is 2.42. The molecule has 0 bridgehead atoms. The minimum Gasteiger partial charge on any atom is -0.488 e. The number of thioether (sulfide) groups is 1. The fraction of sp³-hybridized carbons (Fsp3) is 0.143. The summed E-state index contributed by atoms with van der Waals surface area (Å²) in [6.07, 6.45) is 3.72. The van der Waals surface area contributed by atoms with Gasteiger partial charge in [0.15, 0.2) is 11.4 Å². The predicted molar refractivity (Wildman–Crippen MR) is 84.5 cm³/mol. The topological polar surface area (TPSA) is 57.4 Å². The Morgan fingerprint density at radius 3 is 2.80 bits per heavy atom. The molecule has 102 valence electrons. The number of hydrogen-bond acceptors (Lipinski definition) is 5. The highest BCUT2D eigenvalue weighted by atomic mass is 32.2. The number of amidine groups is 1. The molecule has 1 heterocycles. The summed E-state index contributed by atoms with van der Waals surface area (Å²) < 4.78 is 5.67. The summed E-state index contributed by atoms with van der Waals surface area (Å²) in [6.45, 7) is 0.576. The summed E-state index contributed by atoms with van der Waals surface area (Å²) in [5, 5.41) is 13.7. The van der Waals surface area contributed by atoms with Crippen LogP contribution < -0.4 is 10.1 Å². The first-order chi connectivity index (χ1) is 9.81. The maximum Gasteiger partial charge on any atom is 0.183 e. The zero-order chi connectivity index (χ0) is 14.2. The van der Waals surface area contributed by atoms with Crippen molar-refractivity contribution in [2.24, 2.45) is 4.99 Å². The zero-order valence-electron chi connectivity index (χ0n) is 10.9. The van der Waals surface area contributed by atoms with E-state index in [0.717, 1.165) is 11.4 Å². The van der Waals surface area contributed by atoms with E-state index in [1.54, 1.807) is 11.3 Å². The smallest absolute Gasteiger partial charge is 0.183 e. The lowest BCUT2D eigenvalue weighted by Gasteiger charge is -2.05. The Balaban J connectivity index is 1.97. The van der Waals surface area contributed by atoms with Crippen LogP contribution >= 0.6 is 23.1 Å². The van der Waals surface area contributed by atoms with E-state index in [2.05, 4.69) is 10.3 Å². The Bertz CT molecular complexity index is 600. The van der Waals surface area contributed by atoms with Gasteiger partial charge in [-0.2, -0.15) is 5.26 Å². The van der Waals surface area contributed by atoms with Crippen LogP contribution in [-0.2, 0) is 6.61 Å². The summed E-state index contributed by atoms with van der Waals surface area (Å²) in [7, 11) is 0. The molecule has 0 unspecified atom stereocenters. The lowest BCUT2D eigenvalue weighted by Crippen LogP contribution is -2.12. The Morgan fingerprint density at radius 2 is 2.20 bits per heavy atom. The molecule has 0 aliphatic heterocycles. The van der Waals surface area contributed by atoms with E-state index in [4.69, 9.17) is 10.00 Å². The number of nitriles is 1. The van der Waals surface area contributed by atoms with Crippen molar-refractivity contribution in [2.75, 3.05) is 6.26 Å². The second-order valence-corrected chi connectivity index (χ2v) is 5.55. The second kappa shape index (κ2) is 7.58. The molecule has 0 fully saturated rings. The van der Waals surface area contributed by atoms with Gasteiger partial charge < -0.3 is 4.74 Å². The largest absolute Gasteiger partial charge is 0.488 e. The van der Waals surface area contributed by atoms with E-state index in [1.807, 2.05) is 54.2 Å². The van der Waals surface area contributed by atoms with Gasteiger partial charge in [-0.05, 0) is 42.0 Å². The standard InChI is InChI=1S/C14H13N3OS2/c1-19-14(16-10-15)17-11-4-6-12(7-5-11)18-9-13-3-2-8-20-13/h2-8H,9H2,1H3,(H,16,17). The van der Waals surface area contributed by atoms with E-state index in [-0.39, 0.29) is 0 Å². The number of aliphatic imine (C=N–C) groups is 1. The van der Waals surface area contributed by atoms with Crippen LogP contribution in [0.4, 0.5) is 5.69 Å². The van der Waals surface area contributed by atoms with Crippen molar-refractivity contribution in [1.82, 2.24) is 5.32 Å². The van der Waals surface area contributed by atoms with Crippen LogP contribution in [0.15, 0.2) is 46.8 Å². The second-order valence-electron chi connectivity index (χ2n) is 3.72. The summed E-state index contributed by atoms with van der Waals surface area (Å²) in [5.41, 5.74) is 0.778. The first-order valence-corrected chi connectivity index (χ1v) is 7.95. The van der Waals surface area contributed by atoms with Crippen LogP contribution in [-0.4, -0.2) is 11.4 Å². The van der Waals surface area contributed by atoms with Crippen LogP contribution in [0, 0.1) is 11.5 Å². The highest BCUT2D eigenvalue weighted by molar-refractivity contribution is 8.13. The molecule has 0 amide bonds. The van der Waals surface area contributed by atoms with Crippen molar-refractivity contribution >= 4 is 34.0 Å². The summed E-state index contributed by atoms with van der Waals surface area (Å²) in [4.78, 5) is 5.50. The van der Waals surface area contributed by atoms with E-state index in [9.17, 15) is 0 Å². The molecule has 0 atom stereocenters. The van der Waals surface area contributed by atoms with Gasteiger partial charge in [-0.25, -0.2) is 4.99 Å². The zero-order valence-corrected chi connectivity index (χ0v) is 12.5. The molecule has 0 saturated heterocycles. The van der Waals surface area contributed by atoms with Gasteiger partial charge in [-0.3, -0.25) is 5.32 Å². The van der Waals surface area contributed by atoms with Crippen LogP contribution in [0.2, 0.25) is 0 Å². The molecular formula is C14H13N3OS2. The third kappa shape index (κ3) is 4.30. The Kier molecular flexibility index (Phi) is 5.47.